The molecule has 1 aromatic rings. The van der Waals surface area contributed by atoms with Crippen LogP contribution in [-0.4, -0.2) is 31.2 Å². The maximum Gasteiger partial charge on any atom is 0.292 e. The molecule has 0 aromatic heterocycles. The molecule has 1 aromatic carbocycles. The van der Waals surface area contributed by atoms with Crippen LogP contribution in [0.3, 0.4) is 0 Å². The molecule has 0 saturated carbocycles. The molecule has 6 heteroatoms. The molecule has 6 nitrogen and oxygen atoms in total. The van der Waals surface area contributed by atoms with E-state index >= 15 is 0 Å². The lowest BCUT2D eigenvalue weighted by Crippen LogP contribution is -2.47. The maximum atomic E-state index is 11.3. The van der Waals surface area contributed by atoms with E-state index in [1.807, 2.05) is 0 Å². The standard InChI is InChI=1S/C15H23N3O3/c1-3-11-6-7-17(12(8-11)10-16)15-9-13(21-2)4-5-14(15)18(19)20/h4-5,9,11-12H,3,6-8,10,16H2,1-2H3. The zero-order valence-corrected chi connectivity index (χ0v) is 12.6. The fourth-order valence-electron chi connectivity index (χ4n) is 3.06. The minimum atomic E-state index is -0.339. The number of nitro benzene ring substituents is 1. The van der Waals surface area contributed by atoms with E-state index in [4.69, 9.17) is 10.5 Å². The molecule has 1 saturated heterocycles. The SMILES string of the molecule is CCC1CCN(c2cc(OC)ccc2[N+](=O)[O-])C(CN)C1. The zero-order valence-electron chi connectivity index (χ0n) is 12.6. The molecular weight excluding hydrogens is 270 g/mol. The lowest BCUT2D eigenvalue weighted by Gasteiger charge is -2.40. The van der Waals surface area contributed by atoms with Gasteiger partial charge in [-0.3, -0.25) is 10.1 Å². The van der Waals surface area contributed by atoms with Crippen molar-refractivity contribution in [2.45, 2.75) is 32.2 Å². The van der Waals surface area contributed by atoms with Gasteiger partial charge in [-0.25, -0.2) is 0 Å². The fraction of sp³-hybridized carbons (Fsp3) is 0.600. The van der Waals surface area contributed by atoms with Crippen LogP contribution in [0.1, 0.15) is 26.2 Å². The summed E-state index contributed by atoms with van der Waals surface area (Å²) in [7, 11) is 1.56. The normalized spacial score (nSPS) is 22.1. The third kappa shape index (κ3) is 3.26. The number of methoxy groups -OCH3 is 1. The van der Waals surface area contributed by atoms with Gasteiger partial charge in [0, 0.05) is 31.3 Å². The molecule has 116 valence electrons. The van der Waals surface area contributed by atoms with Crippen LogP contribution in [-0.2, 0) is 0 Å². The lowest BCUT2D eigenvalue weighted by atomic mass is 9.88. The molecule has 0 aliphatic carbocycles. The summed E-state index contributed by atoms with van der Waals surface area (Å²) in [5.74, 6) is 1.28. The molecule has 2 rings (SSSR count). The predicted molar refractivity (Wildman–Crippen MR) is 82.9 cm³/mol. The summed E-state index contributed by atoms with van der Waals surface area (Å²) in [6.07, 6.45) is 3.16. The summed E-state index contributed by atoms with van der Waals surface area (Å²) in [4.78, 5) is 13.0. The average Bonchev–Trinajstić information content (AvgIpc) is 2.53. The minimum Gasteiger partial charge on any atom is -0.497 e. The van der Waals surface area contributed by atoms with Gasteiger partial charge in [0.2, 0.25) is 0 Å². The summed E-state index contributed by atoms with van der Waals surface area (Å²) >= 11 is 0. The second-order valence-electron chi connectivity index (χ2n) is 5.49. The van der Waals surface area contributed by atoms with Gasteiger partial charge in [-0.05, 0) is 24.8 Å². The first-order chi connectivity index (χ1) is 10.1. The van der Waals surface area contributed by atoms with Crippen LogP contribution in [0.15, 0.2) is 18.2 Å². The second-order valence-corrected chi connectivity index (χ2v) is 5.49. The Bertz CT molecular complexity index is 507. The van der Waals surface area contributed by atoms with Gasteiger partial charge >= 0.3 is 0 Å². The first-order valence-electron chi connectivity index (χ1n) is 7.39. The minimum absolute atomic E-state index is 0.115. The van der Waals surface area contributed by atoms with Crippen LogP contribution in [0, 0.1) is 16.0 Å². The largest absolute Gasteiger partial charge is 0.497 e. The van der Waals surface area contributed by atoms with Gasteiger partial charge < -0.3 is 15.4 Å². The summed E-state index contributed by atoms with van der Waals surface area (Å²) in [6, 6.07) is 5.02. The highest BCUT2D eigenvalue weighted by atomic mass is 16.6. The van der Waals surface area contributed by atoms with Crippen LogP contribution in [0.2, 0.25) is 0 Å². The molecule has 1 aliphatic rings. The highest BCUT2D eigenvalue weighted by molar-refractivity contribution is 5.66. The van der Waals surface area contributed by atoms with Crippen LogP contribution in [0.4, 0.5) is 11.4 Å². The maximum absolute atomic E-state index is 11.3. The highest BCUT2D eigenvalue weighted by Crippen LogP contribution is 2.37. The van der Waals surface area contributed by atoms with E-state index in [0.29, 0.717) is 23.9 Å². The molecule has 0 bridgehead atoms. The Morgan fingerprint density at radius 1 is 1.52 bits per heavy atom. The van der Waals surface area contributed by atoms with Gasteiger partial charge in [-0.2, -0.15) is 0 Å². The van der Waals surface area contributed by atoms with Crippen molar-refractivity contribution in [3.8, 4) is 5.75 Å². The summed E-state index contributed by atoms with van der Waals surface area (Å²) in [6.45, 7) is 3.49. The summed E-state index contributed by atoms with van der Waals surface area (Å²) in [5.41, 5.74) is 6.63. The van der Waals surface area contributed by atoms with Gasteiger partial charge in [0.1, 0.15) is 11.4 Å². The molecular formula is C15H23N3O3. The molecule has 0 spiro atoms. The Labute approximate surface area is 125 Å². The first-order valence-corrected chi connectivity index (χ1v) is 7.39. The lowest BCUT2D eigenvalue weighted by molar-refractivity contribution is -0.384. The van der Waals surface area contributed by atoms with Gasteiger partial charge in [-0.1, -0.05) is 13.3 Å². The Morgan fingerprint density at radius 2 is 2.29 bits per heavy atom. The van der Waals surface area contributed by atoms with E-state index in [1.54, 1.807) is 19.2 Å². The van der Waals surface area contributed by atoms with E-state index in [9.17, 15) is 10.1 Å². The number of piperidine rings is 1. The number of nitrogens with two attached hydrogens (primary N) is 1. The average molecular weight is 293 g/mol. The van der Waals surface area contributed by atoms with Crippen molar-refractivity contribution in [3.63, 3.8) is 0 Å². The number of anilines is 1. The van der Waals surface area contributed by atoms with Gasteiger partial charge in [0.25, 0.3) is 5.69 Å². The van der Waals surface area contributed by atoms with Crippen LogP contribution in [0.25, 0.3) is 0 Å². The van der Waals surface area contributed by atoms with Crippen molar-refractivity contribution in [2.24, 2.45) is 11.7 Å². The fourth-order valence-corrected chi connectivity index (χ4v) is 3.06. The summed E-state index contributed by atoms with van der Waals surface area (Å²) in [5, 5.41) is 11.3. The number of rotatable bonds is 5. The monoisotopic (exact) mass is 293 g/mol. The number of nitro groups is 1. The number of benzene rings is 1. The quantitative estimate of drug-likeness (QED) is 0.666. The van der Waals surface area contributed by atoms with Crippen LogP contribution < -0.4 is 15.4 Å². The molecule has 0 amide bonds. The Morgan fingerprint density at radius 3 is 2.86 bits per heavy atom. The number of hydrogen-bond donors (Lipinski definition) is 1. The number of hydrogen-bond acceptors (Lipinski definition) is 5. The van der Waals surface area contributed by atoms with Crippen LogP contribution >= 0.6 is 0 Å². The third-order valence-electron chi connectivity index (χ3n) is 4.36. The van der Waals surface area contributed by atoms with E-state index in [2.05, 4.69) is 11.8 Å². The van der Waals surface area contributed by atoms with Gasteiger partial charge in [0.05, 0.1) is 12.0 Å². The Kier molecular flexibility index (Phi) is 5.01. The van der Waals surface area contributed by atoms with E-state index in [0.717, 1.165) is 25.8 Å². The zero-order chi connectivity index (χ0) is 15.4. The summed E-state index contributed by atoms with van der Waals surface area (Å²) < 4.78 is 5.21. The molecule has 1 heterocycles. The Hall–Kier alpha value is -1.82. The second kappa shape index (κ2) is 6.76. The third-order valence-corrected chi connectivity index (χ3v) is 4.36. The predicted octanol–water partition coefficient (Wildman–Crippen LogP) is 2.56. The molecule has 1 aliphatic heterocycles. The van der Waals surface area contributed by atoms with E-state index < -0.39 is 0 Å². The molecule has 2 N–H and O–H groups in total. The smallest absolute Gasteiger partial charge is 0.292 e. The molecule has 0 radical (unpaired) electrons. The van der Waals surface area contributed by atoms with Crippen LogP contribution in [0.5, 0.6) is 5.75 Å². The van der Waals surface area contributed by atoms with Gasteiger partial charge in [0.15, 0.2) is 0 Å². The van der Waals surface area contributed by atoms with Crippen molar-refractivity contribution in [1.82, 2.24) is 0 Å². The van der Waals surface area contributed by atoms with Crippen molar-refractivity contribution in [3.05, 3.63) is 28.3 Å². The molecule has 2 atom stereocenters. The Balaban J connectivity index is 2.36. The number of ether oxygens (including phenoxy) is 1. The van der Waals surface area contributed by atoms with Crippen molar-refractivity contribution in [1.29, 1.82) is 0 Å². The van der Waals surface area contributed by atoms with Gasteiger partial charge in [-0.15, -0.1) is 0 Å². The highest BCUT2D eigenvalue weighted by Gasteiger charge is 2.31. The van der Waals surface area contributed by atoms with Crippen molar-refractivity contribution < 1.29 is 9.66 Å². The van der Waals surface area contributed by atoms with E-state index in [1.165, 1.54) is 6.07 Å². The van der Waals surface area contributed by atoms with E-state index in [-0.39, 0.29) is 16.7 Å². The van der Waals surface area contributed by atoms with Crippen molar-refractivity contribution in [2.75, 3.05) is 25.1 Å². The molecule has 2 unspecified atom stereocenters. The molecule has 1 fully saturated rings. The van der Waals surface area contributed by atoms with Crippen molar-refractivity contribution >= 4 is 11.4 Å². The number of nitrogens with zero attached hydrogens (tertiary/aromatic N) is 2. The topological polar surface area (TPSA) is 81.6 Å². The molecule has 21 heavy (non-hydrogen) atoms. The first kappa shape index (κ1) is 15.6.